The lowest BCUT2D eigenvalue weighted by Gasteiger charge is -2.42. The van der Waals surface area contributed by atoms with Gasteiger partial charge in [0.15, 0.2) is 18.3 Å². The van der Waals surface area contributed by atoms with E-state index in [1.165, 1.54) is 30.5 Å². The van der Waals surface area contributed by atoms with Gasteiger partial charge in [0.1, 0.15) is 0 Å². The molecule has 0 aromatic heterocycles. The zero-order chi connectivity index (χ0) is 21.8. The van der Waals surface area contributed by atoms with Crippen LogP contribution in [0.5, 0.6) is 0 Å². The molecule has 1 atom stereocenters. The molecule has 2 aliphatic rings. The number of hydrogen-bond acceptors (Lipinski definition) is 3. The molecule has 1 unspecified atom stereocenters. The van der Waals surface area contributed by atoms with Gasteiger partial charge in [-0.15, -0.1) is 0 Å². The topological polar surface area (TPSA) is 49.4 Å². The van der Waals surface area contributed by atoms with Gasteiger partial charge in [0, 0.05) is 56.4 Å². The molecule has 0 radical (unpaired) electrons. The summed E-state index contributed by atoms with van der Waals surface area (Å²) >= 11 is 0. The molecule has 0 N–H and O–H groups in total. The highest BCUT2D eigenvalue weighted by atomic mass is 16.6. The molecule has 0 amide bonds. The summed E-state index contributed by atoms with van der Waals surface area (Å²) in [6.07, 6.45) is 9.25. The van der Waals surface area contributed by atoms with E-state index in [0.717, 1.165) is 31.6 Å². The van der Waals surface area contributed by atoms with E-state index in [1.54, 1.807) is 12.1 Å². The number of piperidine rings is 1. The minimum Gasteiger partial charge on any atom is -0.374 e. The van der Waals surface area contributed by atoms with Crippen LogP contribution in [-0.4, -0.2) is 39.2 Å². The highest BCUT2D eigenvalue weighted by Crippen LogP contribution is 2.37. The van der Waals surface area contributed by atoms with Crippen LogP contribution in [0.1, 0.15) is 44.2 Å². The van der Waals surface area contributed by atoms with E-state index in [9.17, 15) is 10.1 Å². The van der Waals surface area contributed by atoms with Gasteiger partial charge in [-0.3, -0.25) is 10.1 Å². The van der Waals surface area contributed by atoms with Gasteiger partial charge in [-0.25, -0.2) is 4.58 Å². The number of nitro benzene ring substituents is 1. The van der Waals surface area contributed by atoms with Crippen molar-refractivity contribution in [2.45, 2.75) is 51.6 Å². The number of likely N-dealkylation sites (tertiary alicyclic amines) is 1. The van der Waals surface area contributed by atoms with Gasteiger partial charge in [0.2, 0.25) is 0 Å². The average molecular weight is 419 g/mol. The SMILES string of the molecule is CC1(C)C(Cc2ccc([N+](=O)[O-])cc2)C(N2CCCCC2)=CC=[N+]1Cc1ccccc1. The molecule has 1 fully saturated rings. The first-order chi connectivity index (χ1) is 14.9. The molecule has 2 heterocycles. The lowest BCUT2D eigenvalue weighted by molar-refractivity contribution is -0.621. The zero-order valence-corrected chi connectivity index (χ0v) is 18.5. The maximum Gasteiger partial charge on any atom is 0.269 e. The first-order valence-electron chi connectivity index (χ1n) is 11.3. The van der Waals surface area contributed by atoms with Gasteiger partial charge < -0.3 is 4.90 Å². The third kappa shape index (κ3) is 4.71. The largest absolute Gasteiger partial charge is 0.374 e. The van der Waals surface area contributed by atoms with E-state index in [-0.39, 0.29) is 16.1 Å². The average Bonchev–Trinajstić information content (AvgIpc) is 2.78. The van der Waals surface area contributed by atoms with Crippen LogP contribution in [0.2, 0.25) is 0 Å². The summed E-state index contributed by atoms with van der Waals surface area (Å²) in [6, 6.07) is 17.7. The Bertz CT molecular complexity index is 971. The Morgan fingerprint density at radius 3 is 2.32 bits per heavy atom. The normalized spacial score (nSPS) is 20.7. The van der Waals surface area contributed by atoms with Crippen LogP contribution in [-0.2, 0) is 13.0 Å². The summed E-state index contributed by atoms with van der Waals surface area (Å²) in [5.41, 5.74) is 3.92. The maximum absolute atomic E-state index is 11.1. The maximum atomic E-state index is 11.1. The minimum absolute atomic E-state index is 0.0842. The van der Waals surface area contributed by atoms with Crippen molar-refractivity contribution < 1.29 is 9.50 Å². The third-order valence-electron chi connectivity index (χ3n) is 6.88. The smallest absolute Gasteiger partial charge is 0.269 e. The van der Waals surface area contributed by atoms with Crippen molar-refractivity contribution in [2.24, 2.45) is 5.92 Å². The van der Waals surface area contributed by atoms with Gasteiger partial charge in [-0.05, 0) is 31.2 Å². The van der Waals surface area contributed by atoms with E-state index in [1.807, 2.05) is 12.1 Å². The van der Waals surface area contributed by atoms with Crippen molar-refractivity contribution in [1.29, 1.82) is 0 Å². The fourth-order valence-corrected chi connectivity index (χ4v) is 4.89. The molecule has 2 aromatic rings. The molecular formula is C26H32N3O2+. The van der Waals surface area contributed by atoms with Crippen LogP contribution in [0.15, 0.2) is 66.4 Å². The van der Waals surface area contributed by atoms with Crippen LogP contribution in [0, 0.1) is 16.0 Å². The van der Waals surface area contributed by atoms with Gasteiger partial charge in [-0.1, -0.05) is 42.5 Å². The predicted octanol–water partition coefficient (Wildman–Crippen LogP) is 5.20. The van der Waals surface area contributed by atoms with Crippen molar-refractivity contribution in [3.8, 4) is 0 Å². The van der Waals surface area contributed by atoms with E-state index in [4.69, 9.17) is 0 Å². The number of nitrogens with zero attached hydrogens (tertiary/aromatic N) is 3. The predicted molar refractivity (Wildman–Crippen MR) is 124 cm³/mol. The minimum atomic E-state index is -0.329. The molecule has 2 aromatic carbocycles. The Balaban J connectivity index is 1.65. The Kier molecular flexibility index (Phi) is 6.21. The molecule has 0 spiro atoms. The Labute approximate surface area is 184 Å². The first kappa shape index (κ1) is 21.3. The number of nitro groups is 1. The van der Waals surface area contributed by atoms with Crippen LogP contribution >= 0.6 is 0 Å². The van der Waals surface area contributed by atoms with E-state index in [0.29, 0.717) is 5.92 Å². The molecular weight excluding hydrogens is 386 g/mol. The zero-order valence-electron chi connectivity index (χ0n) is 18.5. The van der Waals surface area contributed by atoms with Crippen LogP contribution in [0.3, 0.4) is 0 Å². The molecule has 2 aliphatic heterocycles. The summed E-state index contributed by atoms with van der Waals surface area (Å²) in [7, 11) is 0. The summed E-state index contributed by atoms with van der Waals surface area (Å²) in [4.78, 5) is 13.3. The standard InChI is InChI=1S/C26H32N3O2/c1-26(2)24(19-21-11-13-23(14-12-21)29(30)31)25(27-16-7-4-8-17-27)15-18-28(26)20-22-9-5-3-6-10-22/h3,5-6,9-15,18,24H,4,7-8,16-17,19-20H2,1-2H3/q+1. The number of benzene rings is 2. The summed E-state index contributed by atoms with van der Waals surface area (Å²) in [5, 5.41) is 11.1. The molecule has 31 heavy (non-hydrogen) atoms. The number of hydrogen-bond donors (Lipinski definition) is 0. The molecule has 5 heteroatoms. The second-order valence-corrected chi connectivity index (χ2v) is 9.24. The van der Waals surface area contributed by atoms with Gasteiger partial charge in [0.05, 0.1) is 10.8 Å². The van der Waals surface area contributed by atoms with E-state index in [2.05, 4.69) is 65.9 Å². The first-order valence-corrected chi connectivity index (χ1v) is 11.3. The highest BCUT2D eigenvalue weighted by Gasteiger charge is 2.45. The lowest BCUT2D eigenvalue weighted by atomic mass is 9.77. The second-order valence-electron chi connectivity index (χ2n) is 9.24. The van der Waals surface area contributed by atoms with E-state index < -0.39 is 0 Å². The summed E-state index contributed by atoms with van der Waals surface area (Å²) in [6.45, 7) is 7.77. The second kappa shape index (κ2) is 9.04. The molecule has 0 saturated carbocycles. The summed E-state index contributed by atoms with van der Waals surface area (Å²) in [5.74, 6) is 0.306. The van der Waals surface area contributed by atoms with Crippen molar-refractivity contribution in [2.75, 3.05) is 13.1 Å². The summed E-state index contributed by atoms with van der Waals surface area (Å²) < 4.78 is 2.45. The molecule has 1 saturated heterocycles. The fourth-order valence-electron chi connectivity index (χ4n) is 4.89. The van der Waals surface area contributed by atoms with Crippen LogP contribution < -0.4 is 0 Å². The number of non-ortho nitro benzene ring substituents is 1. The number of allylic oxidation sites excluding steroid dienone is 1. The Morgan fingerprint density at radius 2 is 1.68 bits per heavy atom. The molecule has 5 nitrogen and oxygen atoms in total. The third-order valence-corrected chi connectivity index (χ3v) is 6.88. The van der Waals surface area contributed by atoms with Crippen LogP contribution in [0.4, 0.5) is 5.69 Å². The van der Waals surface area contributed by atoms with Gasteiger partial charge in [0.25, 0.3) is 5.69 Å². The van der Waals surface area contributed by atoms with Gasteiger partial charge in [-0.2, -0.15) is 0 Å². The fraction of sp³-hybridized carbons (Fsp3) is 0.423. The number of rotatable bonds is 6. The van der Waals surface area contributed by atoms with Gasteiger partial charge >= 0.3 is 0 Å². The molecule has 162 valence electrons. The van der Waals surface area contributed by atoms with Crippen molar-refractivity contribution in [3.05, 3.63) is 87.6 Å². The Hall–Kier alpha value is -2.95. The molecule has 0 bridgehead atoms. The monoisotopic (exact) mass is 418 g/mol. The van der Waals surface area contributed by atoms with E-state index >= 15 is 0 Å². The van der Waals surface area contributed by atoms with Crippen molar-refractivity contribution in [1.82, 2.24) is 4.90 Å². The quantitative estimate of drug-likeness (QED) is 0.368. The molecule has 4 rings (SSSR count). The Morgan fingerprint density at radius 1 is 1.00 bits per heavy atom. The molecule has 0 aliphatic carbocycles. The highest BCUT2D eigenvalue weighted by molar-refractivity contribution is 5.69. The lowest BCUT2D eigenvalue weighted by Crippen LogP contribution is -2.51. The van der Waals surface area contributed by atoms with Crippen molar-refractivity contribution >= 4 is 11.9 Å². The van der Waals surface area contributed by atoms with Crippen LogP contribution in [0.25, 0.3) is 0 Å². The van der Waals surface area contributed by atoms with Crippen molar-refractivity contribution in [3.63, 3.8) is 0 Å².